The zero-order valence-corrected chi connectivity index (χ0v) is 26.1. The molecule has 2 saturated carbocycles. The van der Waals surface area contributed by atoms with Gasteiger partial charge in [-0.3, -0.25) is 9.63 Å². The van der Waals surface area contributed by atoms with Crippen LogP contribution in [-0.2, 0) is 14.4 Å². The highest BCUT2D eigenvalue weighted by Crippen LogP contribution is 2.56. The lowest BCUT2D eigenvalue weighted by molar-refractivity contribution is -0.170. The first-order valence-electron chi connectivity index (χ1n) is 15.3. The maximum absolute atomic E-state index is 13.6. The van der Waals surface area contributed by atoms with Crippen LogP contribution in [-0.4, -0.2) is 28.7 Å². The van der Waals surface area contributed by atoms with Gasteiger partial charge >= 0.3 is 12.6 Å². The summed E-state index contributed by atoms with van der Waals surface area (Å²) in [7, 11) is 0. The number of nitrogens with one attached hydrogen (secondary N) is 1. The summed E-state index contributed by atoms with van der Waals surface area (Å²) in [4.78, 5) is 20.8. The van der Waals surface area contributed by atoms with Crippen LogP contribution in [0.3, 0.4) is 0 Å². The van der Waals surface area contributed by atoms with E-state index in [1.165, 1.54) is 6.07 Å². The zero-order chi connectivity index (χ0) is 31.0. The Labute approximate surface area is 261 Å². The normalized spacial score (nSPS) is 26.0. The van der Waals surface area contributed by atoms with Crippen LogP contribution in [0.25, 0.3) is 0 Å². The van der Waals surface area contributed by atoms with Crippen LogP contribution in [0.4, 0.5) is 8.78 Å². The monoisotopic (exact) mass is 623 g/mol. The SMILES string of the molecule is CC(C)(C)OC(=O)C1CCC[C@@]2(C[C@H](c3cc(OC(F)F)ccc3OC3(Sc4ccccc4)CC3)NO2)[C@@H]1c1ccccc1. The van der Waals surface area contributed by atoms with Crippen LogP contribution in [0, 0.1) is 5.92 Å². The molecule has 6 rings (SSSR count). The third-order valence-electron chi connectivity index (χ3n) is 8.49. The number of carbonyl (C=O) groups excluding carboxylic acids is 1. The summed E-state index contributed by atoms with van der Waals surface area (Å²) in [6.45, 7) is 2.68. The second-order valence-corrected chi connectivity index (χ2v) is 14.4. The number of hydrogen-bond acceptors (Lipinski definition) is 7. The zero-order valence-electron chi connectivity index (χ0n) is 25.3. The van der Waals surface area contributed by atoms with Gasteiger partial charge in [0, 0.05) is 35.6 Å². The Balaban J connectivity index is 1.32. The molecule has 234 valence electrons. The second-order valence-electron chi connectivity index (χ2n) is 13.0. The Kier molecular flexibility index (Phi) is 8.65. The number of esters is 1. The highest BCUT2D eigenvalue weighted by molar-refractivity contribution is 8.00. The smallest absolute Gasteiger partial charge is 0.387 e. The maximum atomic E-state index is 13.6. The van der Waals surface area contributed by atoms with E-state index in [0.29, 0.717) is 24.2 Å². The Morgan fingerprint density at radius 3 is 2.36 bits per heavy atom. The van der Waals surface area contributed by atoms with E-state index in [-0.39, 0.29) is 23.7 Å². The summed E-state index contributed by atoms with van der Waals surface area (Å²) in [6.07, 6.45) is 4.46. The molecule has 3 aliphatic rings. The molecule has 2 aliphatic carbocycles. The largest absolute Gasteiger partial charge is 0.476 e. The van der Waals surface area contributed by atoms with E-state index in [2.05, 4.69) is 17.6 Å². The molecule has 0 aromatic heterocycles. The lowest BCUT2D eigenvalue weighted by Crippen LogP contribution is -2.47. The summed E-state index contributed by atoms with van der Waals surface area (Å²) in [5.41, 5.74) is 3.59. The minimum absolute atomic E-state index is 0.0561. The predicted molar refractivity (Wildman–Crippen MR) is 165 cm³/mol. The van der Waals surface area contributed by atoms with E-state index in [9.17, 15) is 13.6 Å². The molecule has 0 radical (unpaired) electrons. The number of benzene rings is 3. The number of hydroxylamine groups is 1. The molecular formula is C35H39F2NO5S. The average Bonchev–Trinajstić information content (AvgIpc) is 3.61. The van der Waals surface area contributed by atoms with Crippen molar-refractivity contribution < 1.29 is 32.6 Å². The standard InChI is InChI=1S/C35H39F2NO5S/c1-33(2,3)42-31(39)26-15-10-18-34(30(26)23-11-6-4-7-12-23)22-28(38-43-34)27-21-24(40-32(36)37)16-17-29(27)41-35(19-20-35)44-25-13-8-5-9-14-25/h4-9,11-14,16-17,21,26,28,30,32,38H,10,15,18-20,22H2,1-3H3/t26?,28-,30-,34-/m1/s1. The van der Waals surface area contributed by atoms with E-state index in [1.807, 2.05) is 69.3 Å². The summed E-state index contributed by atoms with van der Waals surface area (Å²) in [5, 5.41) is 0. The molecule has 6 nitrogen and oxygen atoms in total. The van der Waals surface area contributed by atoms with Crippen molar-refractivity contribution in [3.05, 3.63) is 90.0 Å². The number of thioether (sulfide) groups is 1. The number of carbonyl (C=O) groups is 1. The number of halogens is 2. The van der Waals surface area contributed by atoms with E-state index >= 15 is 0 Å². The molecular weight excluding hydrogens is 584 g/mol. The first-order valence-corrected chi connectivity index (χ1v) is 16.1. The minimum atomic E-state index is -2.95. The van der Waals surface area contributed by atoms with E-state index in [0.717, 1.165) is 36.1 Å². The van der Waals surface area contributed by atoms with Crippen LogP contribution in [0.15, 0.2) is 83.8 Å². The van der Waals surface area contributed by atoms with Gasteiger partial charge in [0.2, 0.25) is 0 Å². The molecule has 1 unspecified atom stereocenters. The van der Waals surface area contributed by atoms with Gasteiger partial charge in [0.05, 0.1) is 17.6 Å². The molecule has 3 aromatic rings. The van der Waals surface area contributed by atoms with Gasteiger partial charge in [0.25, 0.3) is 0 Å². The summed E-state index contributed by atoms with van der Waals surface area (Å²) in [6, 6.07) is 24.5. The van der Waals surface area contributed by atoms with Crippen molar-refractivity contribution >= 4 is 17.7 Å². The Bertz CT molecular complexity index is 1450. The van der Waals surface area contributed by atoms with Gasteiger partial charge in [-0.1, -0.05) is 60.3 Å². The molecule has 4 atom stereocenters. The topological polar surface area (TPSA) is 66.0 Å². The third kappa shape index (κ3) is 6.90. The van der Waals surface area contributed by atoms with Gasteiger partial charge < -0.3 is 14.2 Å². The summed E-state index contributed by atoms with van der Waals surface area (Å²) >= 11 is 1.67. The molecule has 44 heavy (non-hydrogen) atoms. The van der Waals surface area contributed by atoms with Crippen LogP contribution in [0.5, 0.6) is 11.5 Å². The summed E-state index contributed by atoms with van der Waals surface area (Å²) in [5.74, 6) is -0.241. The molecule has 0 bridgehead atoms. The first-order chi connectivity index (χ1) is 21.0. The molecule has 3 aromatic carbocycles. The van der Waals surface area contributed by atoms with Gasteiger partial charge in [0.15, 0.2) is 4.93 Å². The minimum Gasteiger partial charge on any atom is -0.476 e. The number of rotatable bonds is 9. The van der Waals surface area contributed by atoms with Crippen molar-refractivity contribution in [2.75, 3.05) is 0 Å². The fraction of sp³-hybridized carbons (Fsp3) is 0.457. The third-order valence-corrected chi connectivity index (χ3v) is 9.86. The van der Waals surface area contributed by atoms with Crippen LogP contribution >= 0.6 is 11.8 Å². The van der Waals surface area contributed by atoms with Crippen LogP contribution in [0.1, 0.15) is 82.4 Å². The Morgan fingerprint density at radius 2 is 1.70 bits per heavy atom. The molecule has 1 heterocycles. The number of hydrogen-bond donors (Lipinski definition) is 1. The molecule has 3 fully saturated rings. The fourth-order valence-electron chi connectivity index (χ4n) is 6.57. The fourth-order valence-corrected chi connectivity index (χ4v) is 7.73. The first kappa shape index (κ1) is 30.9. The Hall–Kier alpha value is -3.14. The van der Waals surface area contributed by atoms with Crippen molar-refractivity contribution in [1.82, 2.24) is 5.48 Å². The second kappa shape index (κ2) is 12.3. The lowest BCUT2D eigenvalue weighted by Gasteiger charge is -2.44. The van der Waals surface area contributed by atoms with Gasteiger partial charge in [-0.25, -0.2) is 0 Å². The van der Waals surface area contributed by atoms with Gasteiger partial charge in [-0.15, -0.1) is 0 Å². The highest BCUT2D eigenvalue weighted by Gasteiger charge is 2.55. The average molecular weight is 624 g/mol. The van der Waals surface area contributed by atoms with E-state index in [4.69, 9.17) is 19.0 Å². The van der Waals surface area contributed by atoms with Crippen LogP contribution in [0.2, 0.25) is 0 Å². The van der Waals surface area contributed by atoms with Crippen molar-refractivity contribution in [3.63, 3.8) is 0 Å². The van der Waals surface area contributed by atoms with E-state index in [1.54, 1.807) is 23.9 Å². The van der Waals surface area contributed by atoms with Crippen molar-refractivity contribution in [2.24, 2.45) is 5.92 Å². The summed E-state index contributed by atoms with van der Waals surface area (Å²) < 4.78 is 43.9. The quantitative estimate of drug-likeness (QED) is 0.189. The number of ether oxygens (including phenoxy) is 3. The molecule has 1 saturated heterocycles. The van der Waals surface area contributed by atoms with Crippen molar-refractivity contribution in [1.29, 1.82) is 0 Å². The van der Waals surface area contributed by atoms with Crippen molar-refractivity contribution in [2.45, 2.75) is 98.9 Å². The molecule has 1 N–H and O–H groups in total. The molecule has 0 amide bonds. The molecule has 1 spiro atoms. The number of alkyl halides is 2. The van der Waals surface area contributed by atoms with Crippen LogP contribution < -0.4 is 15.0 Å². The lowest BCUT2D eigenvalue weighted by atomic mass is 9.64. The van der Waals surface area contributed by atoms with Gasteiger partial charge in [0.1, 0.15) is 17.1 Å². The molecule has 1 aliphatic heterocycles. The molecule has 9 heteroatoms. The highest BCUT2D eigenvalue weighted by atomic mass is 32.2. The Morgan fingerprint density at radius 1 is 1.00 bits per heavy atom. The van der Waals surface area contributed by atoms with Crippen molar-refractivity contribution in [3.8, 4) is 11.5 Å². The predicted octanol–water partition coefficient (Wildman–Crippen LogP) is 8.58. The maximum Gasteiger partial charge on any atom is 0.387 e. The van der Waals surface area contributed by atoms with Gasteiger partial charge in [-0.05, 0) is 75.9 Å². The van der Waals surface area contributed by atoms with E-state index < -0.39 is 28.7 Å². The van der Waals surface area contributed by atoms with Gasteiger partial charge in [-0.2, -0.15) is 14.3 Å².